The molecule has 0 radical (unpaired) electrons. The molecule has 3 rings (SSSR count). The summed E-state index contributed by atoms with van der Waals surface area (Å²) in [4.78, 5) is 29.4. The van der Waals surface area contributed by atoms with Crippen LogP contribution in [0.2, 0.25) is 0 Å². The molecule has 1 aromatic carbocycles. The van der Waals surface area contributed by atoms with Crippen molar-refractivity contribution in [3.63, 3.8) is 0 Å². The van der Waals surface area contributed by atoms with Gasteiger partial charge in [-0.15, -0.1) is 0 Å². The van der Waals surface area contributed by atoms with Crippen LogP contribution in [0.3, 0.4) is 0 Å². The third-order valence-corrected chi connectivity index (χ3v) is 9.04. The number of ketones is 2. The van der Waals surface area contributed by atoms with Gasteiger partial charge in [0.05, 0.1) is 18.9 Å². The minimum Gasteiger partial charge on any atom is -0.506 e. The molecule has 1 heterocycles. The van der Waals surface area contributed by atoms with Gasteiger partial charge >= 0.3 is 0 Å². The highest BCUT2D eigenvalue weighted by atomic mass is 16.3. The fourth-order valence-electron chi connectivity index (χ4n) is 5.88. The minimum absolute atomic E-state index is 0.00526. The average molecular weight is 620 g/mol. The van der Waals surface area contributed by atoms with Crippen LogP contribution in [0.1, 0.15) is 143 Å². The number of allylic oxidation sites excluding steroid dienone is 4. The molecular formula is C39H57NO5. The van der Waals surface area contributed by atoms with Crippen molar-refractivity contribution in [3.8, 4) is 5.75 Å². The number of aromatic hydroxyl groups is 1. The summed E-state index contributed by atoms with van der Waals surface area (Å²) in [6, 6.07) is 7.18. The SMILES string of the molecule is CC(=CCC1=C(C)C(=O)c2ccccc2C1=O)CCCC(C)CCCC(C)CCCC(C)C.Cc1ncc(CO)c(CO)c1O. The number of Topliss-reactive ketones (excluding diaryl/α,β-unsaturated/α-hetero) is 2. The standard InChI is InChI=1S/C31H46O2.C8H11NO3/c1-22(2)12-9-13-23(3)14-10-15-24(4)16-11-17-25(5)20-21-27-26(6)30(32)28-18-7-8-19-29(28)31(27)33;1-5-8(12)7(4-11)6(3-10)2-9-5/h7-8,18-20,22-24H,9-17,21H2,1-6H3;2,10-12H,3-4H2,1H3. The van der Waals surface area contributed by atoms with E-state index in [0.29, 0.717) is 45.5 Å². The van der Waals surface area contributed by atoms with E-state index in [2.05, 4.69) is 45.7 Å². The Morgan fingerprint density at radius 1 is 0.822 bits per heavy atom. The molecule has 0 amide bonds. The summed E-state index contributed by atoms with van der Waals surface area (Å²) in [5.74, 6) is 2.44. The van der Waals surface area contributed by atoms with Crippen LogP contribution in [-0.4, -0.2) is 31.9 Å². The lowest BCUT2D eigenvalue weighted by atomic mass is 9.83. The average Bonchev–Trinajstić information content (AvgIpc) is 3.01. The summed E-state index contributed by atoms with van der Waals surface area (Å²) < 4.78 is 0. The predicted molar refractivity (Wildman–Crippen MR) is 183 cm³/mol. The number of carbonyl (C=O) groups is 2. The molecule has 0 bridgehead atoms. The lowest BCUT2D eigenvalue weighted by Crippen LogP contribution is -2.20. The van der Waals surface area contributed by atoms with E-state index in [0.717, 1.165) is 24.2 Å². The highest BCUT2D eigenvalue weighted by Gasteiger charge is 2.28. The number of pyridine rings is 1. The van der Waals surface area contributed by atoms with Crippen LogP contribution in [0.25, 0.3) is 0 Å². The molecule has 0 saturated carbocycles. The largest absolute Gasteiger partial charge is 0.506 e. The van der Waals surface area contributed by atoms with Gasteiger partial charge in [0.2, 0.25) is 0 Å². The molecule has 1 aliphatic rings. The van der Waals surface area contributed by atoms with E-state index in [1.807, 2.05) is 12.1 Å². The van der Waals surface area contributed by atoms with Crippen molar-refractivity contribution < 1.29 is 24.9 Å². The molecule has 0 aliphatic heterocycles. The number of aromatic nitrogens is 1. The Labute approximate surface area is 271 Å². The van der Waals surface area contributed by atoms with Crippen molar-refractivity contribution in [3.05, 3.63) is 81.2 Å². The molecule has 248 valence electrons. The molecule has 2 aromatic rings. The van der Waals surface area contributed by atoms with Crippen LogP contribution >= 0.6 is 0 Å². The predicted octanol–water partition coefficient (Wildman–Crippen LogP) is 9.24. The Bertz CT molecular complexity index is 1320. The van der Waals surface area contributed by atoms with Crippen molar-refractivity contribution in [2.75, 3.05) is 0 Å². The molecule has 0 fully saturated rings. The van der Waals surface area contributed by atoms with E-state index in [-0.39, 0.29) is 30.5 Å². The van der Waals surface area contributed by atoms with E-state index in [1.165, 1.54) is 63.1 Å². The maximum absolute atomic E-state index is 12.9. The first-order chi connectivity index (χ1) is 21.4. The number of benzene rings is 1. The van der Waals surface area contributed by atoms with Crippen LogP contribution < -0.4 is 0 Å². The third-order valence-electron chi connectivity index (χ3n) is 9.04. The summed E-state index contributed by atoms with van der Waals surface area (Å²) in [6.45, 7) is 14.5. The van der Waals surface area contributed by atoms with Crippen molar-refractivity contribution in [2.45, 2.75) is 126 Å². The summed E-state index contributed by atoms with van der Waals surface area (Å²) in [5.41, 5.74) is 4.95. The Balaban J connectivity index is 0.000000490. The number of fused-ring (bicyclic) bond motifs is 1. The van der Waals surface area contributed by atoms with Crippen molar-refractivity contribution in [1.29, 1.82) is 0 Å². The van der Waals surface area contributed by atoms with Gasteiger partial charge < -0.3 is 15.3 Å². The zero-order valence-electron chi connectivity index (χ0n) is 28.8. The van der Waals surface area contributed by atoms with E-state index in [4.69, 9.17) is 10.2 Å². The third kappa shape index (κ3) is 12.0. The number of aliphatic hydroxyl groups is 2. The molecule has 2 atom stereocenters. The Kier molecular flexibility index (Phi) is 16.4. The number of carbonyl (C=O) groups excluding carboxylic acids is 2. The fourth-order valence-corrected chi connectivity index (χ4v) is 5.88. The molecule has 2 unspecified atom stereocenters. The van der Waals surface area contributed by atoms with Crippen LogP contribution in [0.4, 0.5) is 0 Å². The Morgan fingerprint density at radius 3 is 1.93 bits per heavy atom. The first kappa shape index (κ1) is 38.1. The molecule has 6 nitrogen and oxygen atoms in total. The summed E-state index contributed by atoms with van der Waals surface area (Å²) in [6.07, 6.45) is 15.9. The number of aliphatic hydroxyl groups excluding tert-OH is 2. The van der Waals surface area contributed by atoms with Gasteiger partial charge in [0.25, 0.3) is 0 Å². The minimum atomic E-state index is -0.287. The molecule has 6 heteroatoms. The number of rotatable bonds is 16. The molecular weight excluding hydrogens is 562 g/mol. The highest BCUT2D eigenvalue weighted by Crippen LogP contribution is 2.29. The maximum atomic E-state index is 12.9. The molecule has 1 aromatic heterocycles. The molecule has 45 heavy (non-hydrogen) atoms. The summed E-state index contributed by atoms with van der Waals surface area (Å²) in [5, 5.41) is 27.0. The van der Waals surface area contributed by atoms with Crippen LogP contribution in [0.15, 0.2) is 53.3 Å². The van der Waals surface area contributed by atoms with Gasteiger partial charge in [-0.25, -0.2) is 0 Å². The number of hydrogen-bond donors (Lipinski definition) is 3. The molecule has 0 spiro atoms. The van der Waals surface area contributed by atoms with Gasteiger partial charge in [-0.05, 0) is 57.8 Å². The smallest absolute Gasteiger partial charge is 0.190 e. The lowest BCUT2D eigenvalue weighted by molar-refractivity contribution is 0.0973. The molecule has 0 saturated heterocycles. The first-order valence-corrected chi connectivity index (χ1v) is 16.8. The van der Waals surface area contributed by atoms with Crippen LogP contribution in [-0.2, 0) is 13.2 Å². The zero-order valence-corrected chi connectivity index (χ0v) is 28.8. The second-order valence-corrected chi connectivity index (χ2v) is 13.4. The quantitative estimate of drug-likeness (QED) is 0.162. The van der Waals surface area contributed by atoms with Gasteiger partial charge in [0.15, 0.2) is 11.6 Å². The fraction of sp³-hybridized carbons (Fsp3) is 0.564. The van der Waals surface area contributed by atoms with Gasteiger partial charge in [-0.1, -0.05) is 109 Å². The number of nitrogens with zero attached hydrogens (tertiary/aromatic N) is 1. The summed E-state index contributed by atoms with van der Waals surface area (Å²) in [7, 11) is 0. The van der Waals surface area contributed by atoms with Crippen molar-refractivity contribution in [2.24, 2.45) is 17.8 Å². The normalized spacial score (nSPS) is 14.8. The van der Waals surface area contributed by atoms with Crippen LogP contribution in [0.5, 0.6) is 5.75 Å². The van der Waals surface area contributed by atoms with Crippen molar-refractivity contribution in [1.82, 2.24) is 4.98 Å². The number of aryl methyl sites for hydroxylation is 1. The second kappa shape index (κ2) is 19.4. The molecule has 3 N–H and O–H groups in total. The van der Waals surface area contributed by atoms with Crippen LogP contribution in [0, 0.1) is 24.7 Å². The summed E-state index contributed by atoms with van der Waals surface area (Å²) >= 11 is 0. The first-order valence-electron chi connectivity index (χ1n) is 16.8. The molecule has 1 aliphatic carbocycles. The lowest BCUT2D eigenvalue weighted by Gasteiger charge is -2.18. The van der Waals surface area contributed by atoms with E-state index < -0.39 is 0 Å². The maximum Gasteiger partial charge on any atom is 0.190 e. The number of hydrogen-bond acceptors (Lipinski definition) is 6. The van der Waals surface area contributed by atoms with Gasteiger partial charge in [-0.3, -0.25) is 14.6 Å². The monoisotopic (exact) mass is 619 g/mol. The zero-order chi connectivity index (χ0) is 33.5. The van der Waals surface area contributed by atoms with Gasteiger partial charge in [-0.2, -0.15) is 0 Å². The van der Waals surface area contributed by atoms with Gasteiger partial charge in [0, 0.05) is 39.6 Å². The van der Waals surface area contributed by atoms with E-state index >= 15 is 0 Å². The Hall–Kier alpha value is -3.09. The van der Waals surface area contributed by atoms with E-state index in [9.17, 15) is 14.7 Å². The topological polar surface area (TPSA) is 108 Å². The van der Waals surface area contributed by atoms with Crippen molar-refractivity contribution >= 4 is 11.6 Å². The highest BCUT2D eigenvalue weighted by molar-refractivity contribution is 6.26. The second-order valence-electron chi connectivity index (χ2n) is 13.4. The van der Waals surface area contributed by atoms with E-state index in [1.54, 1.807) is 26.0 Å². The Morgan fingerprint density at radius 2 is 1.38 bits per heavy atom. The van der Waals surface area contributed by atoms with Gasteiger partial charge in [0.1, 0.15) is 5.75 Å².